The third-order valence-corrected chi connectivity index (χ3v) is 7.64. The van der Waals surface area contributed by atoms with Gasteiger partial charge in [0.25, 0.3) is 0 Å². The van der Waals surface area contributed by atoms with Gasteiger partial charge in [-0.3, -0.25) is 9.47 Å². The Morgan fingerprint density at radius 1 is 0.886 bits per heavy atom. The van der Waals surface area contributed by atoms with Crippen LogP contribution in [0.25, 0.3) is 0 Å². The van der Waals surface area contributed by atoms with E-state index in [1.54, 1.807) is 4.57 Å². The van der Waals surface area contributed by atoms with Gasteiger partial charge in [0.1, 0.15) is 36.2 Å². The third-order valence-electron chi connectivity index (χ3n) is 7.64. The fourth-order valence-electron chi connectivity index (χ4n) is 5.21. The van der Waals surface area contributed by atoms with Crippen LogP contribution < -0.4 is 19.1 Å². The van der Waals surface area contributed by atoms with Crippen molar-refractivity contribution in [1.29, 1.82) is 0 Å². The van der Waals surface area contributed by atoms with Crippen molar-refractivity contribution in [2.45, 2.75) is 31.8 Å². The number of benzene rings is 3. The quantitative estimate of drug-likeness (QED) is 0.165. The summed E-state index contributed by atoms with van der Waals surface area (Å²) in [5.41, 5.74) is 1.54. The van der Waals surface area contributed by atoms with Gasteiger partial charge in [-0.25, -0.2) is 0 Å². The minimum absolute atomic E-state index is 0.223. The van der Waals surface area contributed by atoms with E-state index in [1.807, 2.05) is 48.5 Å². The predicted octanol–water partition coefficient (Wildman–Crippen LogP) is 6.15. The van der Waals surface area contributed by atoms with Crippen LogP contribution in [0, 0.1) is 10.1 Å². The van der Waals surface area contributed by atoms with Crippen LogP contribution >= 0.6 is 0 Å². The maximum atomic E-state index is 12.8. The SMILES string of the molecule is O=[N+]([O-])c1cn2c(n1)O[C@@H](COc1ccc(N3CCN(Cc4ccc(Oc5ccc(C(F)(F)F)cc5)cc4)CC3)cc1)CC2. The molecule has 3 heterocycles. The van der Waals surface area contributed by atoms with Crippen molar-refractivity contribution < 1.29 is 32.3 Å². The first kappa shape index (κ1) is 29.3. The van der Waals surface area contributed by atoms with Gasteiger partial charge in [0.05, 0.1) is 5.56 Å². The summed E-state index contributed by atoms with van der Waals surface area (Å²) in [6.45, 7) is 5.25. The molecule has 0 N–H and O–H groups in total. The maximum absolute atomic E-state index is 12.8. The number of aryl methyl sites for hydroxylation is 1. The lowest BCUT2D eigenvalue weighted by Crippen LogP contribution is -2.45. The molecule has 3 aromatic carbocycles. The van der Waals surface area contributed by atoms with Crippen LogP contribution in [0.2, 0.25) is 0 Å². The zero-order valence-electron chi connectivity index (χ0n) is 23.7. The summed E-state index contributed by atoms with van der Waals surface area (Å²) >= 11 is 0. The fraction of sp³-hybridized carbons (Fsp3) is 0.323. The Kier molecular flexibility index (Phi) is 8.29. The molecule has 0 aliphatic carbocycles. The first-order valence-electron chi connectivity index (χ1n) is 14.2. The fourth-order valence-corrected chi connectivity index (χ4v) is 5.21. The maximum Gasteiger partial charge on any atom is 0.416 e. The van der Waals surface area contributed by atoms with Crippen molar-refractivity contribution in [2.24, 2.45) is 0 Å². The van der Waals surface area contributed by atoms with Crippen molar-refractivity contribution in [3.8, 4) is 23.3 Å². The molecule has 4 aromatic rings. The zero-order chi connectivity index (χ0) is 30.7. The molecule has 0 saturated carbocycles. The first-order valence-corrected chi connectivity index (χ1v) is 14.2. The zero-order valence-corrected chi connectivity index (χ0v) is 23.7. The summed E-state index contributed by atoms with van der Waals surface area (Å²) < 4.78 is 57.3. The van der Waals surface area contributed by atoms with E-state index in [9.17, 15) is 23.3 Å². The van der Waals surface area contributed by atoms with Crippen LogP contribution in [-0.2, 0) is 19.3 Å². The molecule has 0 radical (unpaired) electrons. The summed E-state index contributed by atoms with van der Waals surface area (Å²) in [5.74, 6) is 1.42. The molecule has 0 spiro atoms. The Hall–Kier alpha value is -4.78. The normalized spacial score (nSPS) is 17.1. The number of aromatic nitrogens is 2. The largest absolute Gasteiger partial charge is 0.490 e. The van der Waals surface area contributed by atoms with Gasteiger partial charge >= 0.3 is 18.0 Å². The summed E-state index contributed by atoms with van der Waals surface area (Å²) in [4.78, 5) is 19.0. The van der Waals surface area contributed by atoms with E-state index in [2.05, 4.69) is 14.8 Å². The van der Waals surface area contributed by atoms with Gasteiger partial charge < -0.3 is 29.2 Å². The van der Waals surface area contributed by atoms with E-state index in [0.29, 0.717) is 31.1 Å². The van der Waals surface area contributed by atoms with Crippen molar-refractivity contribution in [2.75, 3.05) is 37.7 Å². The number of nitro groups is 1. The van der Waals surface area contributed by atoms with Crippen LogP contribution in [0.5, 0.6) is 23.3 Å². The number of hydrogen-bond acceptors (Lipinski definition) is 8. The van der Waals surface area contributed by atoms with Crippen LogP contribution in [0.15, 0.2) is 79.0 Å². The molecule has 0 unspecified atom stereocenters. The predicted molar refractivity (Wildman–Crippen MR) is 155 cm³/mol. The monoisotopic (exact) mass is 609 g/mol. The molecule has 1 saturated heterocycles. The van der Waals surface area contributed by atoms with Gasteiger partial charge in [0.2, 0.25) is 0 Å². The van der Waals surface area contributed by atoms with E-state index >= 15 is 0 Å². The lowest BCUT2D eigenvalue weighted by Gasteiger charge is -2.36. The lowest BCUT2D eigenvalue weighted by atomic mass is 10.1. The van der Waals surface area contributed by atoms with E-state index < -0.39 is 16.7 Å². The first-order chi connectivity index (χ1) is 21.2. The molecule has 13 heteroatoms. The number of rotatable bonds is 9. The number of ether oxygens (including phenoxy) is 3. The highest BCUT2D eigenvalue weighted by Crippen LogP contribution is 2.32. The smallest absolute Gasteiger partial charge is 0.416 e. The molecule has 1 fully saturated rings. The number of piperazine rings is 1. The van der Waals surface area contributed by atoms with Crippen molar-refractivity contribution in [3.63, 3.8) is 0 Å². The summed E-state index contributed by atoms with van der Waals surface area (Å²) in [5, 5.41) is 10.9. The average molecular weight is 610 g/mol. The molecule has 2 aliphatic rings. The Morgan fingerprint density at radius 2 is 1.52 bits per heavy atom. The molecule has 230 valence electrons. The molecule has 1 aromatic heterocycles. The molecule has 44 heavy (non-hydrogen) atoms. The molecule has 0 amide bonds. The van der Waals surface area contributed by atoms with Crippen LogP contribution in [-0.4, -0.2) is 58.3 Å². The number of fused-ring (bicyclic) bond motifs is 1. The minimum atomic E-state index is -4.37. The van der Waals surface area contributed by atoms with Gasteiger partial charge in [-0.15, -0.1) is 0 Å². The number of nitrogens with zero attached hydrogens (tertiary/aromatic N) is 5. The van der Waals surface area contributed by atoms with E-state index in [4.69, 9.17) is 14.2 Å². The third kappa shape index (κ3) is 7.05. The molecular formula is C31H30F3N5O5. The highest BCUT2D eigenvalue weighted by atomic mass is 19.4. The Labute approximate surface area is 251 Å². The van der Waals surface area contributed by atoms with Gasteiger partial charge in [-0.05, 0) is 71.2 Å². The van der Waals surface area contributed by atoms with Crippen molar-refractivity contribution >= 4 is 11.5 Å². The Morgan fingerprint density at radius 3 is 2.16 bits per heavy atom. The van der Waals surface area contributed by atoms with E-state index in [-0.39, 0.29) is 17.9 Å². The van der Waals surface area contributed by atoms with Crippen molar-refractivity contribution in [1.82, 2.24) is 14.5 Å². The summed E-state index contributed by atoms with van der Waals surface area (Å²) in [6, 6.07) is 20.4. The van der Waals surface area contributed by atoms with Gasteiger partial charge in [0, 0.05) is 56.4 Å². The van der Waals surface area contributed by atoms with Gasteiger partial charge in [-0.1, -0.05) is 12.1 Å². The molecule has 10 nitrogen and oxygen atoms in total. The summed E-state index contributed by atoms with van der Waals surface area (Å²) in [6.07, 6.45) is -2.55. The minimum Gasteiger partial charge on any atom is -0.490 e. The van der Waals surface area contributed by atoms with Gasteiger partial charge in [0.15, 0.2) is 0 Å². The number of hydrogen-bond donors (Lipinski definition) is 0. The second-order valence-electron chi connectivity index (χ2n) is 10.7. The second kappa shape index (κ2) is 12.4. The standard InChI is InChI=1S/C31H30F3N5O5/c32-31(33,34)23-3-9-27(10-4-23)43-26-7-1-22(2-8-26)19-36-15-17-37(18-16-36)24-5-11-25(12-6-24)42-21-28-13-14-38-20-29(39(40)41)35-30(38)44-28/h1-12,20,28H,13-19,21H2/t28-/m1/s1. The number of alkyl halides is 3. The van der Waals surface area contributed by atoms with E-state index in [0.717, 1.165) is 61.9 Å². The average Bonchev–Trinajstić information content (AvgIpc) is 3.46. The Bertz CT molecular complexity index is 1570. The lowest BCUT2D eigenvalue weighted by molar-refractivity contribution is -0.389. The molecule has 0 bridgehead atoms. The summed E-state index contributed by atoms with van der Waals surface area (Å²) in [7, 11) is 0. The highest BCUT2D eigenvalue weighted by Gasteiger charge is 2.30. The molecule has 1 atom stereocenters. The number of anilines is 1. The molecular weight excluding hydrogens is 579 g/mol. The van der Waals surface area contributed by atoms with Crippen LogP contribution in [0.4, 0.5) is 24.7 Å². The van der Waals surface area contributed by atoms with E-state index in [1.165, 1.54) is 18.3 Å². The molecule has 2 aliphatic heterocycles. The number of halogens is 3. The van der Waals surface area contributed by atoms with Crippen molar-refractivity contribution in [3.05, 3.63) is 100 Å². The Balaban J connectivity index is 0.933. The topological polar surface area (TPSA) is 95.1 Å². The molecule has 6 rings (SSSR count). The van der Waals surface area contributed by atoms with Crippen LogP contribution in [0.3, 0.4) is 0 Å². The highest BCUT2D eigenvalue weighted by molar-refractivity contribution is 5.49. The van der Waals surface area contributed by atoms with Gasteiger partial charge in [-0.2, -0.15) is 13.2 Å². The number of imidazole rings is 1. The second-order valence-corrected chi connectivity index (χ2v) is 10.7. The van der Waals surface area contributed by atoms with Crippen LogP contribution in [0.1, 0.15) is 17.5 Å².